The van der Waals surface area contributed by atoms with Crippen molar-refractivity contribution in [3.05, 3.63) is 101 Å². The lowest BCUT2D eigenvalue weighted by molar-refractivity contribution is -0.395. The predicted molar refractivity (Wildman–Crippen MR) is 136 cm³/mol. The highest BCUT2D eigenvalue weighted by molar-refractivity contribution is 5.67. The number of aromatic hydroxyl groups is 2. The Morgan fingerprint density at radius 1 is 0.429 bits per heavy atom. The number of para-hydroxylation sites is 2. The highest BCUT2D eigenvalue weighted by atomic mass is 16.6. The molecule has 0 amide bonds. The molecule has 0 unspecified atom stereocenters. The third-order valence-corrected chi connectivity index (χ3v) is 5.67. The van der Waals surface area contributed by atoms with Gasteiger partial charge in [-0.05, 0) is 24.3 Å². The van der Waals surface area contributed by atoms with Crippen molar-refractivity contribution in [2.45, 2.75) is 0 Å². The van der Waals surface area contributed by atoms with Crippen LogP contribution in [0.5, 0.6) is 57.5 Å². The van der Waals surface area contributed by atoms with Crippen LogP contribution in [0.3, 0.4) is 0 Å². The molecule has 18 heteroatoms. The van der Waals surface area contributed by atoms with E-state index >= 15 is 0 Å². The minimum absolute atomic E-state index is 0.492. The second-order valence-corrected chi connectivity index (χ2v) is 8.22. The molecule has 1 heterocycles. The Kier molecular flexibility index (Phi) is 6.47. The maximum absolute atomic E-state index is 11.7. The van der Waals surface area contributed by atoms with Crippen molar-refractivity contribution in [1.82, 2.24) is 0 Å². The second kappa shape index (κ2) is 10.1. The van der Waals surface area contributed by atoms with Gasteiger partial charge in [-0.2, -0.15) is 0 Å². The van der Waals surface area contributed by atoms with Gasteiger partial charge in [0.2, 0.25) is 34.5 Å². The molecule has 1 aliphatic heterocycles. The number of rotatable bonds is 4. The van der Waals surface area contributed by atoms with Gasteiger partial charge in [-0.3, -0.25) is 40.5 Å². The zero-order valence-electron chi connectivity index (χ0n) is 20.4. The molecule has 0 spiro atoms. The third kappa shape index (κ3) is 4.77. The van der Waals surface area contributed by atoms with E-state index in [2.05, 4.69) is 0 Å². The molecule has 0 aromatic heterocycles. The molecule has 212 valence electrons. The van der Waals surface area contributed by atoms with E-state index in [0.717, 1.165) is 36.4 Å². The summed E-state index contributed by atoms with van der Waals surface area (Å²) in [5, 5.41) is 68.6. The molecule has 1 aliphatic rings. The molecule has 8 bridgehead atoms. The first-order valence-electron chi connectivity index (χ1n) is 11.2. The summed E-state index contributed by atoms with van der Waals surface area (Å²) in [6.45, 7) is 0. The molecule has 5 rings (SSSR count). The first-order chi connectivity index (χ1) is 19.9. The molecule has 0 saturated heterocycles. The zero-order chi connectivity index (χ0) is 30.3. The largest absolute Gasteiger partial charge is 0.502 e. The van der Waals surface area contributed by atoms with Crippen LogP contribution in [0, 0.1) is 40.5 Å². The SMILES string of the molecule is O=[N+]([O-])c1cc([N+](=O)[O-])c2cc1Oc1cccc(c1O)Oc1cc(c([N+](=O)[O-])cc1[N+](=O)[O-])Oc1cccc(c1O)O2. The summed E-state index contributed by atoms with van der Waals surface area (Å²) in [4.78, 5) is 43.0. The van der Waals surface area contributed by atoms with Gasteiger partial charge in [-0.25, -0.2) is 0 Å². The monoisotopic (exact) mass is 580 g/mol. The molecular formula is C24H12N4O14. The number of hydrogen-bond donors (Lipinski definition) is 2. The van der Waals surface area contributed by atoms with Gasteiger partial charge in [0.15, 0.2) is 23.0 Å². The first-order valence-corrected chi connectivity index (χ1v) is 11.2. The molecule has 0 fully saturated rings. The summed E-state index contributed by atoms with van der Waals surface area (Å²) in [6, 6.07) is 9.58. The van der Waals surface area contributed by atoms with Crippen molar-refractivity contribution in [3.8, 4) is 57.5 Å². The molecule has 18 nitrogen and oxygen atoms in total. The standard InChI is InChI=1S/C24H12N4O14/c29-23-15-3-1-4-16(23)40-20-10-22(14(28(37)38)8-12(20)26(33)34)42-18-6-2-5-17(24(18)30)41-21-9-19(39-15)11(25(31)32)7-13(21)27(35)36/h1-10,29-30H. The number of benzene rings is 4. The van der Waals surface area contributed by atoms with Gasteiger partial charge in [-0.1, -0.05) is 12.1 Å². The van der Waals surface area contributed by atoms with Gasteiger partial charge in [0.05, 0.1) is 19.7 Å². The van der Waals surface area contributed by atoms with Gasteiger partial charge in [-0.15, -0.1) is 0 Å². The summed E-state index contributed by atoms with van der Waals surface area (Å²) in [5.74, 6) is -6.18. The molecule has 4 aromatic carbocycles. The van der Waals surface area contributed by atoms with E-state index in [1.165, 1.54) is 12.1 Å². The number of hydrogen-bond acceptors (Lipinski definition) is 14. The van der Waals surface area contributed by atoms with Crippen molar-refractivity contribution in [1.29, 1.82) is 0 Å². The summed E-state index contributed by atoms with van der Waals surface area (Å²) in [5.41, 5.74) is -3.62. The van der Waals surface area contributed by atoms with Gasteiger partial charge in [0.25, 0.3) is 0 Å². The fourth-order valence-corrected chi connectivity index (χ4v) is 3.78. The smallest absolute Gasteiger partial charge is 0.318 e. The van der Waals surface area contributed by atoms with Crippen LogP contribution in [-0.4, -0.2) is 29.9 Å². The molecule has 2 N–H and O–H groups in total. The number of nitro benzene ring substituents is 4. The topological polar surface area (TPSA) is 250 Å². The van der Waals surface area contributed by atoms with Gasteiger partial charge in [0.1, 0.15) is 12.1 Å². The summed E-state index contributed by atoms with van der Waals surface area (Å²) in [6.07, 6.45) is 0. The maximum atomic E-state index is 11.7. The van der Waals surface area contributed by atoms with Crippen molar-refractivity contribution < 1.29 is 48.9 Å². The fraction of sp³-hybridized carbons (Fsp3) is 0. The number of phenolic OH excluding ortho intramolecular Hbond substituents is 2. The Bertz CT molecular complexity index is 1590. The van der Waals surface area contributed by atoms with Crippen molar-refractivity contribution in [2.24, 2.45) is 0 Å². The molecule has 42 heavy (non-hydrogen) atoms. The quantitative estimate of drug-likeness (QED) is 0.177. The Hall–Kier alpha value is -6.72. The van der Waals surface area contributed by atoms with E-state index in [-0.39, 0.29) is 0 Å². The number of fused-ring (bicyclic) bond motifs is 8. The predicted octanol–water partition coefficient (Wildman–Crippen LogP) is 6.21. The number of phenols is 2. The van der Waals surface area contributed by atoms with Crippen LogP contribution >= 0.6 is 0 Å². The number of nitrogens with zero attached hydrogens (tertiary/aromatic N) is 4. The summed E-state index contributed by atoms with van der Waals surface area (Å²) < 4.78 is 22.0. The van der Waals surface area contributed by atoms with E-state index in [4.69, 9.17) is 18.9 Å². The lowest BCUT2D eigenvalue weighted by atomic mass is 10.2. The Labute approximate surface area is 230 Å². The molecule has 0 saturated carbocycles. The Morgan fingerprint density at radius 3 is 0.881 bits per heavy atom. The molecule has 0 radical (unpaired) electrons. The summed E-state index contributed by atoms with van der Waals surface area (Å²) >= 11 is 0. The lowest BCUT2D eigenvalue weighted by Crippen LogP contribution is -2.01. The van der Waals surface area contributed by atoms with Gasteiger partial charge >= 0.3 is 22.7 Å². The van der Waals surface area contributed by atoms with Gasteiger partial charge < -0.3 is 29.2 Å². The van der Waals surface area contributed by atoms with E-state index < -0.39 is 99.9 Å². The van der Waals surface area contributed by atoms with E-state index in [1.807, 2.05) is 0 Å². The van der Waals surface area contributed by atoms with Crippen molar-refractivity contribution in [2.75, 3.05) is 0 Å². The molecular weight excluding hydrogens is 568 g/mol. The van der Waals surface area contributed by atoms with Crippen LogP contribution in [0.1, 0.15) is 0 Å². The van der Waals surface area contributed by atoms with Crippen LogP contribution in [0.25, 0.3) is 0 Å². The first kappa shape index (κ1) is 26.9. The lowest BCUT2D eigenvalue weighted by Gasteiger charge is -2.16. The van der Waals surface area contributed by atoms with Crippen LogP contribution in [0.15, 0.2) is 60.7 Å². The molecule has 4 aromatic rings. The van der Waals surface area contributed by atoms with E-state index in [0.29, 0.717) is 12.1 Å². The van der Waals surface area contributed by atoms with Crippen LogP contribution in [0.4, 0.5) is 22.7 Å². The third-order valence-electron chi connectivity index (χ3n) is 5.67. The highest BCUT2D eigenvalue weighted by Gasteiger charge is 2.32. The van der Waals surface area contributed by atoms with Crippen LogP contribution in [-0.2, 0) is 0 Å². The van der Waals surface area contributed by atoms with Crippen molar-refractivity contribution >= 4 is 22.7 Å². The average molecular weight is 580 g/mol. The van der Waals surface area contributed by atoms with Gasteiger partial charge in [0, 0.05) is 12.1 Å². The minimum atomic E-state index is -0.991. The maximum Gasteiger partial charge on any atom is 0.318 e. The van der Waals surface area contributed by atoms with Crippen LogP contribution in [0.2, 0.25) is 0 Å². The van der Waals surface area contributed by atoms with E-state index in [1.54, 1.807) is 0 Å². The van der Waals surface area contributed by atoms with Crippen LogP contribution < -0.4 is 18.9 Å². The van der Waals surface area contributed by atoms with E-state index in [9.17, 15) is 50.7 Å². The Balaban J connectivity index is 1.82. The van der Waals surface area contributed by atoms with Crippen molar-refractivity contribution in [3.63, 3.8) is 0 Å². The minimum Gasteiger partial charge on any atom is -0.502 e. The summed E-state index contributed by atoms with van der Waals surface area (Å²) in [7, 11) is 0. The second-order valence-electron chi connectivity index (χ2n) is 8.22. The highest BCUT2D eigenvalue weighted by Crippen LogP contribution is 2.51. The molecule has 0 aliphatic carbocycles. The number of ether oxygens (including phenoxy) is 4. The zero-order valence-corrected chi connectivity index (χ0v) is 20.4. The average Bonchev–Trinajstić information content (AvgIpc) is 2.92. The number of nitro groups is 4. The molecule has 0 atom stereocenters. The fourth-order valence-electron chi connectivity index (χ4n) is 3.78. The Morgan fingerprint density at radius 2 is 0.667 bits per heavy atom. The normalized spacial score (nSPS) is 11.6.